The molecule has 1 fully saturated rings. The summed E-state index contributed by atoms with van der Waals surface area (Å²) in [6.45, 7) is 1.28. The highest BCUT2D eigenvalue weighted by molar-refractivity contribution is 7.13. The summed E-state index contributed by atoms with van der Waals surface area (Å²) in [7, 11) is 0. The Morgan fingerprint density at radius 1 is 1.62 bits per heavy atom. The molecule has 5 nitrogen and oxygen atoms in total. The SMILES string of the molecule is Nc1nc(CC(=O)N2CCC(O)CC2)cs1. The van der Waals surface area contributed by atoms with E-state index in [1.165, 1.54) is 11.3 Å². The van der Waals surface area contributed by atoms with Crippen LogP contribution < -0.4 is 5.73 Å². The summed E-state index contributed by atoms with van der Waals surface area (Å²) in [5, 5.41) is 11.6. The number of aliphatic hydroxyl groups is 1. The standard InChI is InChI=1S/C10H15N3O2S/c11-10-12-7(6-16-10)5-9(15)13-3-1-8(14)2-4-13/h6,8,14H,1-5H2,(H2,11,12). The van der Waals surface area contributed by atoms with Crippen LogP contribution in [0.5, 0.6) is 0 Å². The van der Waals surface area contributed by atoms with Gasteiger partial charge in [-0.3, -0.25) is 4.79 Å². The number of anilines is 1. The van der Waals surface area contributed by atoms with E-state index in [1.54, 1.807) is 4.90 Å². The van der Waals surface area contributed by atoms with E-state index in [0.717, 1.165) is 5.69 Å². The van der Waals surface area contributed by atoms with E-state index in [1.807, 2.05) is 5.38 Å². The molecule has 6 heteroatoms. The van der Waals surface area contributed by atoms with Crippen molar-refractivity contribution in [2.75, 3.05) is 18.8 Å². The van der Waals surface area contributed by atoms with Crippen molar-refractivity contribution < 1.29 is 9.90 Å². The summed E-state index contributed by atoms with van der Waals surface area (Å²) in [5.41, 5.74) is 6.24. The number of nitrogens with zero attached hydrogens (tertiary/aromatic N) is 2. The first-order chi connectivity index (χ1) is 7.65. The predicted octanol–water partition coefficient (Wildman–Crippen LogP) is 0.251. The Morgan fingerprint density at radius 3 is 2.88 bits per heavy atom. The third-order valence-electron chi connectivity index (χ3n) is 2.72. The van der Waals surface area contributed by atoms with Crippen LogP contribution in [-0.4, -0.2) is 40.1 Å². The highest BCUT2D eigenvalue weighted by Gasteiger charge is 2.21. The van der Waals surface area contributed by atoms with Gasteiger partial charge in [-0.05, 0) is 12.8 Å². The average molecular weight is 241 g/mol. The van der Waals surface area contributed by atoms with Crippen LogP contribution in [0.4, 0.5) is 5.13 Å². The summed E-state index contributed by atoms with van der Waals surface area (Å²) in [4.78, 5) is 17.7. The minimum absolute atomic E-state index is 0.0669. The number of likely N-dealkylation sites (tertiary alicyclic amines) is 1. The van der Waals surface area contributed by atoms with Gasteiger partial charge in [-0.1, -0.05) is 0 Å². The van der Waals surface area contributed by atoms with Crippen molar-refractivity contribution in [3.05, 3.63) is 11.1 Å². The van der Waals surface area contributed by atoms with Gasteiger partial charge >= 0.3 is 0 Å². The molecule has 1 aliphatic heterocycles. The Balaban J connectivity index is 1.88. The topological polar surface area (TPSA) is 79.5 Å². The average Bonchev–Trinajstić information content (AvgIpc) is 2.65. The highest BCUT2D eigenvalue weighted by atomic mass is 32.1. The Morgan fingerprint density at radius 2 is 2.31 bits per heavy atom. The molecule has 16 heavy (non-hydrogen) atoms. The van der Waals surface area contributed by atoms with Crippen molar-refractivity contribution in [2.24, 2.45) is 0 Å². The van der Waals surface area contributed by atoms with Crippen molar-refractivity contribution in [1.82, 2.24) is 9.88 Å². The van der Waals surface area contributed by atoms with Crippen LogP contribution >= 0.6 is 11.3 Å². The van der Waals surface area contributed by atoms with Gasteiger partial charge < -0.3 is 15.7 Å². The summed E-state index contributed by atoms with van der Waals surface area (Å²) < 4.78 is 0. The number of hydrogen-bond donors (Lipinski definition) is 2. The van der Waals surface area contributed by atoms with Crippen molar-refractivity contribution in [1.29, 1.82) is 0 Å². The molecule has 1 aromatic rings. The van der Waals surface area contributed by atoms with Gasteiger partial charge in [0.2, 0.25) is 5.91 Å². The lowest BCUT2D eigenvalue weighted by atomic mass is 10.1. The smallest absolute Gasteiger partial charge is 0.228 e. The first-order valence-electron chi connectivity index (χ1n) is 5.31. The number of hydrogen-bond acceptors (Lipinski definition) is 5. The number of aromatic nitrogens is 1. The Bertz CT molecular complexity index is 372. The number of rotatable bonds is 2. The molecule has 1 aromatic heterocycles. The molecule has 0 bridgehead atoms. The number of aliphatic hydroxyl groups excluding tert-OH is 1. The minimum Gasteiger partial charge on any atom is -0.393 e. The number of piperidine rings is 1. The maximum atomic E-state index is 11.9. The summed E-state index contributed by atoms with van der Waals surface area (Å²) in [6.07, 6.45) is 1.40. The third kappa shape index (κ3) is 2.70. The Hall–Kier alpha value is -1.14. The van der Waals surface area contributed by atoms with Crippen LogP contribution in [0, 0.1) is 0 Å². The zero-order chi connectivity index (χ0) is 11.5. The molecular formula is C10H15N3O2S. The van der Waals surface area contributed by atoms with E-state index < -0.39 is 0 Å². The fraction of sp³-hybridized carbons (Fsp3) is 0.600. The van der Waals surface area contributed by atoms with Crippen LogP contribution in [0.1, 0.15) is 18.5 Å². The number of amides is 1. The van der Waals surface area contributed by atoms with Crippen molar-refractivity contribution >= 4 is 22.4 Å². The molecule has 0 saturated carbocycles. The third-order valence-corrected chi connectivity index (χ3v) is 3.44. The highest BCUT2D eigenvalue weighted by Crippen LogP contribution is 2.14. The molecule has 3 N–H and O–H groups in total. The lowest BCUT2D eigenvalue weighted by Crippen LogP contribution is -2.40. The van der Waals surface area contributed by atoms with Gasteiger partial charge in [0, 0.05) is 18.5 Å². The molecule has 0 atom stereocenters. The van der Waals surface area contributed by atoms with E-state index in [2.05, 4.69) is 4.98 Å². The van der Waals surface area contributed by atoms with Crippen molar-refractivity contribution in [2.45, 2.75) is 25.4 Å². The van der Waals surface area contributed by atoms with Gasteiger partial charge in [0.15, 0.2) is 5.13 Å². The Labute approximate surface area is 97.9 Å². The van der Waals surface area contributed by atoms with Crippen molar-refractivity contribution in [3.63, 3.8) is 0 Å². The van der Waals surface area contributed by atoms with E-state index >= 15 is 0 Å². The van der Waals surface area contributed by atoms with E-state index in [9.17, 15) is 9.90 Å². The molecule has 1 aliphatic rings. The molecule has 0 aromatic carbocycles. The quantitative estimate of drug-likeness (QED) is 0.778. The molecule has 0 unspecified atom stereocenters. The zero-order valence-electron chi connectivity index (χ0n) is 8.93. The number of nitrogens with two attached hydrogens (primary N) is 1. The molecule has 2 rings (SSSR count). The van der Waals surface area contributed by atoms with E-state index in [-0.39, 0.29) is 12.0 Å². The molecular weight excluding hydrogens is 226 g/mol. The maximum Gasteiger partial charge on any atom is 0.228 e. The van der Waals surface area contributed by atoms with Gasteiger partial charge in [-0.25, -0.2) is 4.98 Å². The summed E-state index contributed by atoms with van der Waals surface area (Å²) >= 11 is 1.35. The number of nitrogen functional groups attached to an aromatic ring is 1. The predicted molar refractivity (Wildman–Crippen MR) is 62.1 cm³/mol. The molecule has 0 aliphatic carbocycles. The minimum atomic E-state index is -0.251. The number of carbonyl (C=O) groups excluding carboxylic acids is 1. The second-order valence-corrected chi connectivity index (χ2v) is 4.86. The lowest BCUT2D eigenvalue weighted by molar-refractivity contribution is -0.132. The zero-order valence-corrected chi connectivity index (χ0v) is 9.74. The first kappa shape index (κ1) is 11.3. The maximum absolute atomic E-state index is 11.9. The normalized spacial score (nSPS) is 17.7. The second-order valence-electron chi connectivity index (χ2n) is 3.97. The van der Waals surface area contributed by atoms with Crippen molar-refractivity contribution in [3.8, 4) is 0 Å². The second kappa shape index (κ2) is 4.80. The fourth-order valence-corrected chi connectivity index (χ4v) is 2.35. The monoisotopic (exact) mass is 241 g/mol. The van der Waals surface area contributed by atoms with Gasteiger partial charge in [-0.2, -0.15) is 0 Å². The molecule has 2 heterocycles. The van der Waals surface area contributed by atoms with Crippen LogP contribution in [0.3, 0.4) is 0 Å². The molecule has 0 spiro atoms. The van der Waals surface area contributed by atoms with Gasteiger partial charge in [0.1, 0.15) is 0 Å². The van der Waals surface area contributed by atoms with Gasteiger partial charge in [0.05, 0.1) is 18.2 Å². The fourth-order valence-electron chi connectivity index (χ4n) is 1.79. The van der Waals surface area contributed by atoms with Crippen LogP contribution in [-0.2, 0) is 11.2 Å². The van der Waals surface area contributed by atoms with Gasteiger partial charge in [0.25, 0.3) is 0 Å². The number of thiazole rings is 1. The largest absolute Gasteiger partial charge is 0.393 e. The molecule has 1 saturated heterocycles. The molecule has 88 valence electrons. The number of carbonyl (C=O) groups is 1. The van der Waals surface area contributed by atoms with E-state index in [0.29, 0.717) is 37.5 Å². The lowest BCUT2D eigenvalue weighted by Gasteiger charge is -2.29. The van der Waals surface area contributed by atoms with E-state index in [4.69, 9.17) is 5.73 Å². The van der Waals surface area contributed by atoms with Crippen LogP contribution in [0.15, 0.2) is 5.38 Å². The molecule has 0 radical (unpaired) electrons. The first-order valence-corrected chi connectivity index (χ1v) is 6.19. The summed E-state index contributed by atoms with van der Waals surface area (Å²) in [5.74, 6) is 0.0669. The summed E-state index contributed by atoms with van der Waals surface area (Å²) in [6, 6.07) is 0. The van der Waals surface area contributed by atoms with Crippen LogP contribution in [0.2, 0.25) is 0 Å². The Kier molecular flexibility index (Phi) is 3.40. The molecule has 1 amide bonds. The van der Waals surface area contributed by atoms with Gasteiger partial charge in [-0.15, -0.1) is 11.3 Å². The van der Waals surface area contributed by atoms with Crippen LogP contribution in [0.25, 0.3) is 0 Å².